The molecule has 9 heteroatoms. The lowest BCUT2D eigenvalue weighted by Gasteiger charge is -2.32. The third-order valence-electron chi connectivity index (χ3n) is 5.80. The van der Waals surface area contributed by atoms with Crippen LogP contribution in [0.1, 0.15) is 50.1 Å². The van der Waals surface area contributed by atoms with Gasteiger partial charge in [0.1, 0.15) is 17.7 Å². The van der Waals surface area contributed by atoms with Crippen LogP contribution < -0.4 is 10.6 Å². The number of amides is 3. The number of hydrogen-bond donors (Lipinski definition) is 2. The van der Waals surface area contributed by atoms with E-state index in [1.165, 1.54) is 36.3 Å². The number of nitrogens with zero attached hydrogens (tertiary/aromatic N) is 2. The van der Waals surface area contributed by atoms with Crippen molar-refractivity contribution in [3.63, 3.8) is 0 Å². The molecule has 0 radical (unpaired) electrons. The van der Waals surface area contributed by atoms with Crippen molar-refractivity contribution in [2.24, 2.45) is 0 Å². The van der Waals surface area contributed by atoms with Crippen molar-refractivity contribution < 1.29 is 23.5 Å². The number of carbonyl (C=O) groups is 3. The normalized spacial score (nSPS) is 14.4. The molecular weight excluding hydrogens is 439 g/mol. The second-order valence-electron chi connectivity index (χ2n) is 8.29. The Morgan fingerprint density at radius 2 is 1.85 bits per heavy atom. The smallest absolute Gasteiger partial charge is 0.247 e. The molecule has 1 aliphatic carbocycles. The molecule has 1 aromatic carbocycles. The Balaban J connectivity index is 1.75. The summed E-state index contributed by atoms with van der Waals surface area (Å²) in [5.41, 5.74) is 0.499. The lowest BCUT2D eigenvalue weighted by atomic mass is 10.0. The van der Waals surface area contributed by atoms with Crippen LogP contribution in [0.4, 0.5) is 10.2 Å². The van der Waals surface area contributed by atoms with Gasteiger partial charge in [-0.05, 0) is 42.7 Å². The minimum atomic E-state index is -0.956. The van der Waals surface area contributed by atoms with Crippen LogP contribution in [-0.4, -0.2) is 53.9 Å². The summed E-state index contributed by atoms with van der Waals surface area (Å²) in [6, 6.07) is 9.79. The Hall–Kier alpha value is -3.33. The van der Waals surface area contributed by atoms with Gasteiger partial charge in [-0.2, -0.15) is 0 Å². The van der Waals surface area contributed by atoms with Crippen LogP contribution in [-0.2, 0) is 19.1 Å². The summed E-state index contributed by atoms with van der Waals surface area (Å²) in [5.74, 6) is -1.08. The van der Waals surface area contributed by atoms with Crippen LogP contribution in [0.2, 0.25) is 0 Å². The van der Waals surface area contributed by atoms with Gasteiger partial charge in [0.15, 0.2) is 0 Å². The largest absolute Gasteiger partial charge is 0.383 e. The maximum atomic E-state index is 13.6. The zero-order valence-electron chi connectivity index (χ0n) is 19.3. The van der Waals surface area contributed by atoms with E-state index in [0.717, 1.165) is 25.7 Å². The number of nitrogens with one attached hydrogen (secondary N) is 2. The first-order valence-electron chi connectivity index (χ1n) is 11.5. The molecule has 1 fully saturated rings. The number of carbonyl (C=O) groups excluding carboxylic acids is 3. The van der Waals surface area contributed by atoms with E-state index in [1.807, 2.05) is 0 Å². The Morgan fingerprint density at radius 1 is 1.12 bits per heavy atom. The predicted octanol–water partition coefficient (Wildman–Crippen LogP) is 3.21. The standard InChI is InChI=1S/C25H31FN4O4/c1-34-17-16-30(23(32)14-13-22(31)29-21-8-4-5-15-27-21)24(18-9-11-19(26)12-10-18)25(33)28-20-6-2-3-7-20/h4-5,8-12,15,20,24H,2-3,6-7,13-14,16-17H2,1H3,(H,28,33)(H,27,29,31)/t24-/m0/s1. The molecule has 1 heterocycles. The van der Waals surface area contributed by atoms with Crippen molar-refractivity contribution in [3.8, 4) is 0 Å². The highest BCUT2D eigenvalue weighted by Gasteiger charge is 2.33. The second-order valence-corrected chi connectivity index (χ2v) is 8.29. The van der Waals surface area contributed by atoms with Crippen molar-refractivity contribution in [2.45, 2.75) is 50.6 Å². The van der Waals surface area contributed by atoms with Gasteiger partial charge in [-0.15, -0.1) is 0 Å². The van der Waals surface area contributed by atoms with Crippen molar-refractivity contribution in [1.82, 2.24) is 15.2 Å². The molecule has 0 saturated heterocycles. The monoisotopic (exact) mass is 470 g/mol. The van der Waals surface area contributed by atoms with Gasteiger partial charge in [0.05, 0.1) is 6.61 Å². The van der Waals surface area contributed by atoms with E-state index >= 15 is 0 Å². The summed E-state index contributed by atoms with van der Waals surface area (Å²) in [6.45, 7) is 0.359. The number of ether oxygens (including phenoxy) is 1. The van der Waals surface area contributed by atoms with E-state index in [0.29, 0.717) is 11.4 Å². The second kappa shape index (κ2) is 12.8. The molecule has 1 aliphatic rings. The number of methoxy groups -OCH3 is 1. The molecule has 1 aromatic heterocycles. The molecular formula is C25H31FN4O4. The minimum absolute atomic E-state index is 0.0546. The molecule has 1 atom stereocenters. The fraction of sp³-hybridized carbons (Fsp3) is 0.440. The lowest BCUT2D eigenvalue weighted by molar-refractivity contribution is -0.142. The van der Waals surface area contributed by atoms with Crippen LogP contribution in [0.5, 0.6) is 0 Å². The number of hydrogen-bond acceptors (Lipinski definition) is 5. The van der Waals surface area contributed by atoms with E-state index < -0.39 is 11.9 Å². The van der Waals surface area contributed by atoms with Gasteiger partial charge in [-0.3, -0.25) is 14.4 Å². The maximum Gasteiger partial charge on any atom is 0.247 e. The quantitative estimate of drug-likeness (QED) is 0.525. The van der Waals surface area contributed by atoms with Crippen LogP contribution in [0, 0.1) is 5.82 Å². The van der Waals surface area contributed by atoms with Crippen molar-refractivity contribution >= 4 is 23.5 Å². The molecule has 34 heavy (non-hydrogen) atoms. The molecule has 182 valence electrons. The first kappa shape index (κ1) is 25.3. The number of pyridine rings is 1. The van der Waals surface area contributed by atoms with Crippen LogP contribution >= 0.6 is 0 Å². The summed E-state index contributed by atoms with van der Waals surface area (Å²) in [5, 5.41) is 5.70. The van der Waals surface area contributed by atoms with Gasteiger partial charge in [-0.25, -0.2) is 9.37 Å². The van der Waals surface area contributed by atoms with Gasteiger partial charge < -0.3 is 20.3 Å². The molecule has 2 aromatic rings. The first-order valence-corrected chi connectivity index (χ1v) is 11.5. The Morgan fingerprint density at radius 3 is 2.50 bits per heavy atom. The Bertz CT molecular complexity index is 949. The average molecular weight is 471 g/mol. The number of anilines is 1. The highest BCUT2D eigenvalue weighted by Crippen LogP contribution is 2.25. The average Bonchev–Trinajstić information content (AvgIpc) is 3.34. The number of aromatic nitrogens is 1. The summed E-state index contributed by atoms with van der Waals surface area (Å²) < 4.78 is 18.8. The van der Waals surface area contributed by atoms with E-state index in [-0.39, 0.29) is 49.8 Å². The SMILES string of the molecule is COCCN(C(=O)CCC(=O)Nc1ccccn1)[C@H](C(=O)NC1CCCC1)c1ccc(F)cc1. The molecule has 3 rings (SSSR count). The Kier molecular flexibility index (Phi) is 9.51. The molecule has 0 unspecified atom stereocenters. The lowest BCUT2D eigenvalue weighted by Crippen LogP contribution is -2.47. The fourth-order valence-electron chi connectivity index (χ4n) is 4.06. The zero-order chi connectivity index (χ0) is 24.3. The third kappa shape index (κ3) is 7.34. The van der Waals surface area contributed by atoms with Gasteiger partial charge >= 0.3 is 0 Å². The summed E-state index contributed by atoms with van der Waals surface area (Å²) in [6.07, 6.45) is 5.26. The molecule has 2 N–H and O–H groups in total. The molecule has 0 aliphatic heterocycles. The molecule has 0 bridgehead atoms. The highest BCUT2D eigenvalue weighted by molar-refractivity contribution is 5.94. The van der Waals surface area contributed by atoms with Gasteiger partial charge in [0.2, 0.25) is 17.7 Å². The van der Waals surface area contributed by atoms with Crippen LogP contribution in [0.25, 0.3) is 0 Å². The van der Waals surface area contributed by atoms with Crippen LogP contribution in [0.3, 0.4) is 0 Å². The predicted molar refractivity (Wildman–Crippen MR) is 125 cm³/mol. The number of halogens is 1. The van der Waals surface area contributed by atoms with E-state index in [9.17, 15) is 18.8 Å². The molecule has 1 saturated carbocycles. The van der Waals surface area contributed by atoms with Crippen molar-refractivity contribution in [2.75, 3.05) is 25.6 Å². The summed E-state index contributed by atoms with van der Waals surface area (Å²) in [4.78, 5) is 44.4. The van der Waals surface area contributed by atoms with Gasteiger partial charge in [0, 0.05) is 38.7 Å². The molecule has 0 spiro atoms. The topological polar surface area (TPSA) is 101 Å². The first-order chi connectivity index (χ1) is 16.5. The van der Waals surface area contributed by atoms with E-state index in [4.69, 9.17) is 4.74 Å². The Labute approximate surface area is 198 Å². The highest BCUT2D eigenvalue weighted by atomic mass is 19.1. The fourth-order valence-corrected chi connectivity index (χ4v) is 4.06. The summed E-state index contributed by atoms with van der Waals surface area (Å²) >= 11 is 0. The van der Waals surface area contributed by atoms with Crippen LogP contribution in [0.15, 0.2) is 48.7 Å². The zero-order valence-corrected chi connectivity index (χ0v) is 19.3. The maximum absolute atomic E-state index is 13.6. The van der Waals surface area contributed by atoms with Gasteiger partial charge in [0.25, 0.3) is 0 Å². The minimum Gasteiger partial charge on any atom is -0.383 e. The molecule has 3 amide bonds. The number of rotatable bonds is 11. The third-order valence-corrected chi connectivity index (χ3v) is 5.80. The summed E-state index contributed by atoms with van der Waals surface area (Å²) in [7, 11) is 1.51. The van der Waals surface area contributed by atoms with Crippen molar-refractivity contribution in [3.05, 3.63) is 60.0 Å². The van der Waals surface area contributed by atoms with Gasteiger partial charge in [-0.1, -0.05) is 31.0 Å². The number of benzene rings is 1. The molecule has 8 nitrogen and oxygen atoms in total. The van der Waals surface area contributed by atoms with E-state index in [2.05, 4.69) is 15.6 Å². The van der Waals surface area contributed by atoms with Crippen molar-refractivity contribution in [1.29, 1.82) is 0 Å². The van der Waals surface area contributed by atoms with E-state index in [1.54, 1.807) is 24.4 Å².